The Morgan fingerprint density at radius 3 is 2.96 bits per heavy atom. The monoisotopic (exact) mass is 352 g/mol. The van der Waals surface area contributed by atoms with Crippen molar-refractivity contribution in [3.05, 3.63) is 76.7 Å². The predicted molar refractivity (Wildman–Crippen MR) is 95.4 cm³/mol. The molecule has 7 heteroatoms. The van der Waals surface area contributed by atoms with Crippen LogP contribution in [0.2, 0.25) is 0 Å². The van der Waals surface area contributed by atoms with E-state index in [9.17, 15) is 9.18 Å². The van der Waals surface area contributed by atoms with E-state index in [0.717, 1.165) is 15.8 Å². The van der Waals surface area contributed by atoms with Crippen LogP contribution in [0.15, 0.2) is 54.9 Å². The van der Waals surface area contributed by atoms with Crippen molar-refractivity contribution in [1.82, 2.24) is 15.2 Å². The Bertz CT molecular complexity index is 1060. The molecule has 0 saturated carbocycles. The summed E-state index contributed by atoms with van der Waals surface area (Å²) >= 11 is 1.37. The number of hydrogen-bond acceptors (Lipinski definition) is 4. The van der Waals surface area contributed by atoms with Crippen molar-refractivity contribution in [2.75, 3.05) is 5.32 Å². The number of hydrogen-bond donors (Lipinski definition) is 2. The van der Waals surface area contributed by atoms with Crippen molar-refractivity contribution in [2.45, 2.75) is 6.42 Å². The number of aromatic nitrogens is 3. The fourth-order valence-corrected chi connectivity index (χ4v) is 3.46. The van der Waals surface area contributed by atoms with Crippen molar-refractivity contribution in [3.63, 3.8) is 0 Å². The number of anilines is 1. The van der Waals surface area contributed by atoms with Gasteiger partial charge in [0.25, 0.3) is 5.91 Å². The van der Waals surface area contributed by atoms with Crippen molar-refractivity contribution in [2.24, 2.45) is 0 Å². The molecule has 0 unspecified atom stereocenters. The molecule has 5 nitrogen and oxygen atoms in total. The molecule has 0 spiro atoms. The summed E-state index contributed by atoms with van der Waals surface area (Å²) in [6.07, 6.45) is 3.94. The van der Waals surface area contributed by atoms with E-state index < -0.39 is 0 Å². The Morgan fingerprint density at radius 2 is 2.08 bits per heavy atom. The summed E-state index contributed by atoms with van der Waals surface area (Å²) in [5.74, 6) is -0.510. The average Bonchev–Trinajstić information content (AvgIpc) is 3.23. The number of halogens is 1. The molecule has 0 saturated heterocycles. The van der Waals surface area contributed by atoms with Crippen LogP contribution in [-0.2, 0) is 6.42 Å². The zero-order chi connectivity index (χ0) is 17.2. The first kappa shape index (κ1) is 15.5. The van der Waals surface area contributed by atoms with E-state index in [0.29, 0.717) is 22.6 Å². The Labute approximate surface area is 146 Å². The molecule has 0 fully saturated rings. The van der Waals surface area contributed by atoms with Gasteiger partial charge in [0.05, 0.1) is 17.3 Å². The van der Waals surface area contributed by atoms with Gasteiger partial charge in [-0.3, -0.25) is 15.2 Å². The van der Waals surface area contributed by atoms with Gasteiger partial charge >= 0.3 is 0 Å². The highest BCUT2D eigenvalue weighted by Gasteiger charge is 2.13. The van der Waals surface area contributed by atoms with E-state index in [-0.39, 0.29) is 11.7 Å². The minimum Gasteiger partial charge on any atom is -0.298 e. The highest BCUT2D eigenvalue weighted by Crippen LogP contribution is 2.23. The van der Waals surface area contributed by atoms with Crippen LogP contribution in [-0.4, -0.2) is 21.1 Å². The van der Waals surface area contributed by atoms with E-state index in [2.05, 4.69) is 20.5 Å². The zero-order valence-corrected chi connectivity index (χ0v) is 13.8. The maximum Gasteiger partial charge on any atom is 0.259 e. The van der Waals surface area contributed by atoms with Crippen LogP contribution < -0.4 is 5.32 Å². The van der Waals surface area contributed by atoms with Crippen LogP contribution >= 0.6 is 11.3 Å². The second kappa shape index (κ2) is 6.45. The van der Waals surface area contributed by atoms with Crippen molar-refractivity contribution in [1.29, 1.82) is 0 Å². The summed E-state index contributed by atoms with van der Waals surface area (Å²) in [5.41, 5.74) is 2.07. The Morgan fingerprint density at radius 1 is 1.20 bits per heavy atom. The van der Waals surface area contributed by atoms with Crippen LogP contribution in [0.25, 0.3) is 10.9 Å². The molecule has 2 aromatic heterocycles. The fourth-order valence-electron chi connectivity index (χ4n) is 2.62. The van der Waals surface area contributed by atoms with Crippen molar-refractivity contribution < 1.29 is 9.18 Å². The highest BCUT2D eigenvalue weighted by atomic mass is 32.1. The van der Waals surface area contributed by atoms with E-state index in [4.69, 9.17) is 0 Å². The smallest absolute Gasteiger partial charge is 0.259 e. The Balaban J connectivity index is 1.51. The molecule has 2 heterocycles. The summed E-state index contributed by atoms with van der Waals surface area (Å²) in [6, 6.07) is 11.9. The van der Waals surface area contributed by atoms with Gasteiger partial charge in [0.15, 0.2) is 5.13 Å². The minimum absolute atomic E-state index is 0.249. The number of thiazole rings is 1. The number of nitrogens with one attached hydrogen (secondary N) is 2. The summed E-state index contributed by atoms with van der Waals surface area (Å²) in [7, 11) is 0. The molecule has 2 aromatic carbocycles. The lowest BCUT2D eigenvalue weighted by atomic mass is 10.1. The molecule has 2 N–H and O–H groups in total. The first-order valence-corrected chi connectivity index (χ1v) is 8.43. The van der Waals surface area contributed by atoms with Crippen LogP contribution in [0.4, 0.5) is 9.52 Å². The molecular formula is C18H13FN4OS. The summed E-state index contributed by atoms with van der Waals surface area (Å²) < 4.78 is 13.3. The fraction of sp³-hybridized carbons (Fsp3) is 0.0556. The van der Waals surface area contributed by atoms with E-state index in [1.165, 1.54) is 23.5 Å². The molecule has 4 rings (SSSR count). The van der Waals surface area contributed by atoms with Crippen LogP contribution in [0, 0.1) is 5.82 Å². The van der Waals surface area contributed by atoms with Crippen LogP contribution in [0.5, 0.6) is 0 Å². The average molecular weight is 352 g/mol. The first-order valence-electron chi connectivity index (χ1n) is 7.61. The SMILES string of the molecule is O=C(Nc1ncc(Cc2cccc(F)c2)s1)c1cccc2cn[nH]c12. The van der Waals surface area contributed by atoms with Crippen molar-refractivity contribution >= 4 is 33.3 Å². The van der Waals surface area contributed by atoms with Gasteiger partial charge in [0, 0.05) is 22.9 Å². The molecule has 1 amide bonds. The van der Waals surface area contributed by atoms with Gasteiger partial charge in [-0.15, -0.1) is 11.3 Å². The summed E-state index contributed by atoms with van der Waals surface area (Å²) in [5, 5.41) is 11.0. The van der Waals surface area contributed by atoms with Gasteiger partial charge in [-0.2, -0.15) is 5.10 Å². The lowest BCUT2D eigenvalue weighted by Gasteiger charge is -2.02. The normalized spacial score (nSPS) is 10.9. The number of rotatable bonds is 4. The van der Waals surface area contributed by atoms with Crippen LogP contribution in [0.1, 0.15) is 20.8 Å². The zero-order valence-electron chi connectivity index (χ0n) is 13.0. The Kier molecular flexibility index (Phi) is 3.99. The number of nitrogens with zero attached hydrogens (tertiary/aromatic N) is 2. The third-order valence-electron chi connectivity index (χ3n) is 3.76. The van der Waals surface area contributed by atoms with Gasteiger partial charge in [-0.05, 0) is 23.8 Å². The number of aromatic amines is 1. The number of fused-ring (bicyclic) bond motifs is 1. The number of carbonyl (C=O) groups excluding carboxylic acids is 1. The number of amides is 1. The van der Waals surface area contributed by atoms with Gasteiger partial charge < -0.3 is 0 Å². The molecule has 0 atom stereocenters. The maximum atomic E-state index is 13.3. The quantitative estimate of drug-likeness (QED) is 0.583. The molecule has 0 aliphatic carbocycles. The number of H-pyrrole nitrogens is 1. The molecule has 0 aliphatic rings. The van der Waals surface area contributed by atoms with Gasteiger partial charge in [-0.1, -0.05) is 24.3 Å². The summed E-state index contributed by atoms with van der Waals surface area (Å²) in [6.45, 7) is 0. The Hall–Kier alpha value is -3.06. The van der Waals surface area contributed by atoms with Gasteiger partial charge in [0.2, 0.25) is 0 Å². The minimum atomic E-state index is -0.261. The molecule has 25 heavy (non-hydrogen) atoms. The lowest BCUT2D eigenvalue weighted by molar-refractivity contribution is 0.102. The maximum absolute atomic E-state index is 13.3. The third kappa shape index (κ3) is 3.27. The number of benzene rings is 2. The predicted octanol–water partition coefficient (Wildman–Crippen LogP) is 4.00. The lowest BCUT2D eigenvalue weighted by Crippen LogP contribution is -2.12. The number of para-hydroxylation sites is 1. The van der Waals surface area contributed by atoms with E-state index in [1.54, 1.807) is 24.5 Å². The van der Waals surface area contributed by atoms with E-state index >= 15 is 0 Å². The molecule has 0 bridgehead atoms. The molecule has 4 aromatic rings. The second-order valence-electron chi connectivity index (χ2n) is 5.53. The van der Waals surface area contributed by atoms with Crippen molar-refractivity contribution in [3.8, 4) is 0 Å². The van der Waals surface area contributed by atoms with Gasteiger partial charge in [0.1, 0.15) is 5.82 Å². The molecule has 0 radical (unpaired) electrons. The third-order valence-corrected chi connectivity index (χ3v) is 4.68. The topological polar surface area (TPSA) is 70.7 Å². The highest BCUT2D eigenvalue weighted by molar-refractivity contribution is 7.15. The van der Waals surface area contributed by atoms with Crippen LogP contribution in [0.3, 0.4) is 0 Å². The van der Waals surface area contributed by atoms with Gasteiger partial charge in [-0.25, -0.2) is 9.37 Å². The standard InChI is InChI=1S/C18H13FN4OS/c19-13-5-1-3-11(7-13)8-14-10-20-18(25-14)22-17(24)15-6-2-4-12-9-21-23-16(12)15/h1-7,9-10H,8H2,(H,21,23)(H,20,22,24). The summed E-state index contributed by atoms with van der Waals surface area (Å²) in [4.78, 5) is 17.7. The molecular weight excluding hydrogens is 339 g/mol. The first-order chi connectivity index (χ1) is 12.2. The van der Waals surface area contributed by atoms with E-state index in [1.807, 2.05) is 18.2 Å². The second-order valence-corrected chi connectivity index (χ2v) is 6.65. The molecule has 124 valence electrons. The number of carbonyl (C=O) groups is 1. The largest absolute Gasteiger partial charge is 0.298 e. The molecule has 0 aliphatic heterocycles.